The molecule has 1 fully saturated rings. The van der Waals surface area contributed by atoms with E-state index in [0.717, 1.165) is 0 Å². The van der Waals surface area contributed by atoms with Gasteiger partial charge in [-0.15, -0.1) is 0 Å². The average molecular weight is 373 g/mol. The van der Waals surface area contributed by atoms with E-state index in [-0.39, 0.29) is 18.2 Å². The molecular formula is C16H18Cl2N2O4. The number of carbonyl (C=O) groups is 3. The van der Waals surface area contributed by atoms with E-state index in [1.165, 1.54) is 4.90 Å². The third kappa shape index (κ3) is 4.61. The summed E-state index contributed by atoms with van der Waals surface area (Å²) >= 11 is 12.1. The van der Waals surface area contributed by atoms with Crippen molar-refractivity contribution >= 4 is 46.7 Å². The first kappa shape index (κ1) is 18.5. The molecular weight excluding hydrogens is 355 g/mol. The minimum Gasteiger partial charge on any atom is -0.481 e. The van der Waals surface area contributed by atoms with Crippen molar-refractivity contribution in [2.75, 3.05) is 18.0 Å². The number of unbranched alkanes of at least 4 members (excludes halogenated alkanes) is 1. The molecule has 2 N–H and O–H groups in total. The minimum absolute atomic E-state index is 0.0687. The van der Waals surface area contributed by atoms with Crippen molar-refractivity contribution in [3.8, 4) is 0 Å². The molecule has 24 heavy (non-hydrogen) atoms. The van der Waals surface area contributed by atoms with Crippen LogP contribution in [0.3, 0.4) is 0 Å². The number of anilines is 1. The van der Waals surface area contributed by atoms with Crippen molar-refractivity contribution in [1.29, 1.82) is 0 Å². The first-order chi connectivity index (χ1) is 11.4. The summed E-state index contributed by atoms with van der Waals surface area (Å²) in [5.41, 5.74) is 0.505. The van der Waals surface area contributed by atoms with Crippen LogP contribution < -0.4 is 10.2 Å². The van der Waals surface area contributed by atoms with Crippen LogP contribution in [0.5, 0.6) is 0 Å². The van der Waals surface area contributed by atoms with Gasteiger partial charge in [-0.05, 0) is 37.5 Å². The topological polar surface area (TPSA) is 86.7 Å². The summed E-state index contributed by atoms with van der Waals surface area (Å²) in [7, 11) is 0. The molecule has 0 aliphatic carbocycles. The zero-order chi connectivity index (χ0) is 17.7. The van der Waals surface area contributed by atoms with Gasteiger partial charge in [0.2, 0.25) is 11.8 Å². The van der Waals surface area contributed by atoms with Gasteiger partial charge in [0.15, 0.2) is 0 Å². The minimum atomic E-state index is -0.860. The smallest absolute Gasteiger partial charge is 0.303 e. The van der Waals surface area contributed by atoms with Crippen LogP contribution in [0, 0.1) is 5.92 Å². The Morgan fingerprint density at radius 2 is 2.04 bits per heavy atom. The van der Waals surface area contributed by atoms with Gasteiger partial charge in [-0.1, -0.05) is 23.2 Å². The fraction of sp³-hybridized carbons (Fsp3) is 0.438. The molecule has 130 valence electrons. The van der Waals surface area contributed by atoms with Gasteiger partial charge in [0.25, 0.3) is 0 Å². The number of halogens is 2. The Morgan fingerprint density at radius 3 is 2.75 bits per heavy atom. The second-order valence-corrected chi connectivity index (χ2v) is 6.41. The summed E-state index contributed by atoms with van der Waals surface area (Å²) < 4.78 is 0. The highest BCUT2D eigenvalue weighted by atomic mass is 35.5. The van der Waals surface area contributed by atoms with E-state index < -0.39 is 11.9 Å². The Bertz CT molecular complexity index is 651. The summed E-state index contributed by atoms with van der Waals surface area (Å²) in [5.74, 6) is -2.25. The van der Waals surface area contributed by atoms with Crippen molar-refractivity contribution in [3.05, 3.63) is 28.2 Å². The zero-order valence-corrected chi connectivity index (χ0v) is 14.4. The molecule has 0 saturated carbocycles. The molecule has 1 heterocycles. The molecule has 0 aromatic heterocycles. The summed E-state index contributed by atoms with van der Waals surface area (Å²) in [6.07, 6.45) is 1.52. The molecule has 2 amide bonds. The highest BCUT2D eigenvalue weighted by Crippen LogP contribution is 2.33. The predicted molar refractivity (Wildman–Crippen MR) is 91.4 cm³/mol. The molecule has 0 spiro atoms. The number of aliphatic carboxylic acids is 1. The van der Waals surface area contributed by atoms with Gasteiger partial charge < -0.3 is 15.3 Å². The van der Waals surface area contributed by atoms with Gasteiger partial charge >= 0.3 is 5.97 Å². The highest BCUT2D eigenvalue weighted by molar-refractivity contribution is 6.36. The van der Waals surface area contributed by atoms with Crippen molar-refractivity contribution < 1.29 is 19.5 Å². The number of hydrogen-bond donors (Lipinski definition) is 2. The maximum Gasteiger partial charge on any atom is 0.303 e. The fourth-order valence-corrected chi connectivity index (χ4v) is 2.98. The van der Waals surface area contributed by atoms with E-state index in [4.69, 9.17) is 28.3 Å². The van der Waals surface area contributed by atoms with Crippen LogP contribution >= 0.6 is 23.2 Å². The summed E-state index contributed by atoms with van der Waals surface area (Å²) in [6, 6.07) is 4.85. The third-order valence-corrected chi connectivity index (χ3v) is 4.39. The number of nitrogens with zero attached hydrogens (tertiary/aromatic N) is 1. The van der Waals surface area contributed by atoms with Gasteiger partial charge in [0, 0.05) is 24.5 Å². The standard InChI is InChI=1S/C16H18Cl2N2O4/c17-10-4-5-12(18)13(9-10)20-8-6-11(16(20)24)15(23)19-7-2-1-3-14(21)22/h4-5,9,11H,1-3,6-8H2,(H,19,23)(H,21,22). The third-order valence-electron chi connectivity index (χ3n) is 3.84. The molecule has 6 nitrogen and oxygen atoms in total. The van der Waals surface area contributed by atoms with Gasteiger partial charge in [-0.3, -0.25) is 14.4 Å². The van der Waals surface area contributed by atoms with E-state index >= 15 is 0 Å². The lowest BCUT2D eigenvalue weighted by Gasteiger charge is -2.18. The van der Waals surface area contributed by atoms with Crippen LogP contribution in [0.25, 0.3) is 0 Å². The van der Waals surface area contributed by atoms with E-state index in [1.807, 2.05) is 0 Å². The lowest BCUT2D eigenvalue weighted by atomic mass is 10.1. The molecule has 1 unspecified atom stereocenters. The molecule has 0 bridgehead atoms. The van der Waals surface area contributed by atoms with Gasteiger partial charge in [-0.2, -0.15) is 0 Å². The van der Waals surface area contributed by atoms with Gasteiger partial charge in [0.05, 0.1) is 10.7 Å². The maximum atomic E-state index is 12.5. The fourth-order valence-electron chi connectivity index (χ4n) is 2.59. The number of carboxylic acid groups (broad SMARTS) is 1. The van der Waals surface area contributed by atoms with Crippen molar-refractivity contribution in [3.63, 3.8) is 0 Å². The van der Waals surface area contributed by atoms with Crippen molar-refractivity contribution in [1.82, 2.24) is 5.32 Å². The molecule has 1 aromatic rings. The number of hydrogen-bond acceptors (Lipinski definition) is 3. The molecule has 1 aromatic carbocycles. The van der Waals surface area contributed by atoms with Crippen LogP contribution in [0.1, 0.15) is 25.7 Å². The number of carbonyl (C=O) groups excluding carboxylic acids is 2. The second-order valence-electron chi connectivity index (χ2n) is 5.57. The molecule has 1 aliphatic heterocycles. The van der Waals surface area contributed by atoms with Crippen LogP contribution in [-0.4, -0.2) is 36.0 Å². The number of amides is 2. The van der Waals surface area contributed by atoms with Crippen molar-refractivity contribution in [2.24, 2.45) is 5.92 Å². The van der Waals surface area contributed by atoms with Gasteiger partial charge in [0.1, 0.15) is 5.92 Å². The Hall–Kier alpha value is -1.79. The van der Waals surface area contributed by atoms with E-state index in [9.17, 15) is 14.4 Å². The van der Waals surface area contributed by atoms with Crippen LogP contribution in [0.15, 0.2) is 18.2 Å². The maximum absolute atomic E-state index is 12.5. The molecule has 1 atom stereocenters. The molecule has 8 heteroatoms. The van der Waals surface area contributed by atoms with E-state index in [0.29, 0.717) is 48.1 Å². The first-order valence-electron chi connectivity index (χ1n) is 7.66. The Labute approximate surface area is 149 Å². The number of nitrogens with one attached hydrogen (secondary N) is 1. The SMILES string of the molecule is O=C(O)CCCCNC(=O)C1CCN(c2cc(Cl)ccc2Cl)C1=O. The van der Waals surface area contributed by atoms with E-state index in [2.05, 4.69) is 5.32 Å². The molecule has 2 rings (SSSR count). The Kier molecular flexibility index (Phi) is 6.45. The lowest BCUT2D eigenvalue weighted by molar-refractivity contribution is -0.137. The zero-order valence-electron chi connectivity index (χ0n) is 12.9. The summed E-state index contributed by atoms with van der Waals surface area (Å²) in [4.78, 5) is 36.5. The molecule has 1 saturated heterocycles. The number of benzene rings is 1. The lowest BCUT2D eigenvalue weighted by Crippen LogP contribution is -2.37. The average Bonchev–Trinajstić information content (AvgIpc) is 2.90. The van der Waals surface area contributed by atoms with E-state index in [1.54, 1.807) is 18.2 Å². The Morgan fingerprint density at radius 1 is 1.29 bits per heavy atom. The van der Waals surface area contributed by atoms with Gasteiger partial charge in [-0.25, -0.2) is 0 Å². The normalized spacial score (nSPS) is 17.2. The van der Waals surface area contributed by atoms with Crippen LogP contribution in [0.2, 0.25) is 10.0 Å². The van der Waals surface area contributed by atoms with Crippen LogP contribution in [-0.2, 0) is 14.4 Å². The summed E-state index contributed by atoms with van der Waals surface area (Å²) in [5, 5.41) is 12.1. The summed E-state index contributed by atoms with van der Waals surface area (Å²) in [6.45, 7) is 0.754. The molecule has 1 aliphatic rings. The molecule has 0 radical (unpaired) electrons. The highest BCUT2D eigenvalue weighted by Gasteiger charge is 2.38. The first-order valence-corrected chi connectivity index (χ1v) is 8.41. The predicted octanol–water partition coefficient (Wildman–Crippen LogP) is 2.72. The quantitative estimate of drug-likeness (QED) is 0.568. The number of rotatable bonds is 7. The Balaban J connectivity index is 1.90. The second kappa shape index (κ2) is 8.35. The van der Waals surface area contributed by atoms with Crippen LogP contribution in [0.4, 0.5) is 5.69 Å². The number of carboxylic acids is 1. The van der Waals surface area contributed by atoms with Crippen molar-refractivity contribution in [2.45, 2.75) is 25.7 Å². The largest absolute Gasteiger partial charge is 0.481 e. The monoisotopic (exact) mass is 372 g/mol.